The number of alkyl carbamates (subject to hydrolysis) is 1. The van der Waals surface area contributed by atoms with Gasteiger partial charge in [0.15, 0.2) is 11.4 Å². The summed E-state index contributed by atoms with van der Waals surface area (Å²) in [6, 6.07) is 10.4. The van der Waals surface area contributed by atoms with E-state index >= 15 is 0 Å². The number of Topliss-reactive ketones (excluding diaryl/α,β-unsaturated/α-hetero) is 1. The first-order valence-corrected chi connectivity index (χ1v) is 12.4. The zero-order valence-electron chi connectivity index (χ0n) is 22.6. The largest absolute Gasteiger partial charge is 0.444 e. The predicted molar refractivity (Wildman–Crippen MR) is 142 cm³/mol. The molecule has 37 heavy (non-hydrogen) atoms. The molecule has 1 N–H and O–H groups in total. The second kappa shape index (κ2) is 9.51. The summed E-state index contributed by atoms with van der Waals surface area (Å²) in [5.74, 6) is 0.603. The summed E-state index contributed by atoms with van der Waals surface area (Å²) in [6.45, 7) is 14.8. The average Bonchev–Trinajstić information content (AvgIpc) is 3.41. The van der Waals surface area contributed by atoms with Gasteiger partial charge in [0.1, 0.15) is 23.1 Å². The van der Waals surface area contributed by atoms with E-state index in [1.807, 2.05) is 52.8 Å². The number of amides is 1. The van der Waals surface area contributed by atoms with Crippen molar-refractivity contribution in [2.45, 2.75) is 60.5 Å². The third-order valence-corrected chi connectivity index (χ3v) is 6.65. The van der Waals surface area contributed by atoms with Gasteiger partial charge in [0, 0.05) is 37.5 Å². The first-order valence-electron chi connectivity index (χ1n) is 12.4. The zero-order valence-corrected chi connectivity index (χ0v) is 22.6. The molecular weight excluding hydrogens is 468 g/mol. The van der Waals surface area contributed by atoms with Crippen molar-refractivity contribution in [1.82, 2.24) is 19.9 Å². The third kappa shape index (κ3) is 5.29. The minimum atomic E-state index is -0.567. The summed E-state index contributed by atoms with van der Waals surface area (Å²) in [7, 11) is 0. The van der Waals surface area contributed by atoms with Crippen LogP contribution >= 0.6 is 0 Å². The molecule has 9 nitrogen and oxygen atoms in total. The number of aryl methyl sites for hydroxylation is 1. The molecule has 0 saturated carbocycles. The van der Waals surface area contributed by atoms with E-state index in [-0.39, 0.29) is 17.0 Å². The van der Waals surface area contributed by atoms with Crippen LogP contribution < -0.4 is 10.2 Å². The highest BCUT2D eigenvalue weighted by Crippen LogP contribution is 2.41. The Bertz CT molecular complexity index is 1430. The highest BCUT2D eigenvalue weighted by molar-refractivity contribution is 5.92. The van der Waals surface area contributed by atoms with Crippen molar-refractivity contribution in [3.05, 3.63) is 46.8 Å². The molecule has 4 rings (SSSR count). The molecule has 0 bridgehead atoms. The Labute approximate surface area is 217 Å². The summed E-state index contributed by atoms with van der Waals surface area (Å²) in [4.78, 5) is 31.2. The van der Waals surface area contributed by atoms with E-state index in [0.717, 1.165) is 34.5 Å². The number of carbonyl (C=O) groups excluding carboxylic acids is 2. The summed E-state index contributed by atoms with van der Waals surface area (Å²) in [5.41, 5.74) is 3.71. The minimum absolute atomic E-state index is 0.0760. The van der Waals surface area contributed by atoms with Crippen LogP contribution in [0.5, 0.6) is 0 Å². The molecule has 1 amide bonds. The summed E-state index contributed by atoms with van der Waals surface area (Å²) in [5, 5.41) is 17.5. The van der Waals surface area contributed by atoms with E-state index in [9.17, 15) is 14.9 Å². The van der Waals surface area contributed by atoms with E-state index in [1.165, 1.54) is 6.92 Å². The maximum atomic E-state index is 12.3. The Morgan fingerprint density at radius 3 is 2.62 bits per heavy atom. The maximum absolute atomic E-state index is 12.3. The van der Waals surface area contributed by atoms with Gasteiger partial charge in [-0.3, -0.25) is 4.79 Å². The van der Waals surface area contributed by atoms with Crippen LogP contribution in [0.2, 0.25) is 0 Å². The lowest BCUT2D eigenvalue weighted by atomic mass is 9.90. The van der Waals surface area contributed by atoms with E-state index in [2.05, 4.69) is 39.4 Å². The molecule has 9 heteroatoms. The maximum Gasteiger partial charge on any atom is 0.407 e. The highest BCUT2D eigenvalue weighted by Gasteiger charge is 2.38. The second-order valence-corrected chi connectivity index (χ2v) is 11.2. The third-order valence-electron chi connectivity index (χ3n) is 6.65. The van der Waals surface area contributed by atoms with Crippen LogP contribution in [-0.2, 0) is 4.74 Å². The van der Waals surface area contributed by atoms with Crippen molar-refractivity contribution >= 4 is 23.3 Å². The molecule has 1 aromatic carbocycles. The van der Waals surface area contributed by atoms with E-state index in [1.54, 1.807) is 4.52 Å². The number of pyridine rings is 1. The van der Waals surface area contributed by atoms with Gasteiger partial charge < -0.3 is 15.0 Å². The van der Waals surface area contributed by atoms with Gasteiger partial charge in [0.2, 0.25) is 5.82 Å². The van der Waals surface area contributed by atoms with Crippen molar-refractivity contribution in [2.24, 2.45) is 5.41 Å². The number of hydrogen-bond donors (Lipinski definition) is 1. The van der Waals surface area contributed by atoms with Crippen molar-refractivity contribution in [2.75, 3.05) is 24.5 Å². The van der Waals surface area contributed by atoms with Crippen LogP contribution in [0.4, 0.5) is 10.6 Å². The van der Waals surface area contributed by atoms with E-state index in [0.29, 0.717) is 30.8 Å². The smallest absolute Gasteiger partial charge is 0.407 e. The van der Waals surface area contributed by atoms with Crippen molar-refractivity contribution in [3.63, 3.8) is 0 Å². The Kier molecular flexibility index (Phi) is 6.72. The molecule has 1 aliphatic heterocycles. The first-order chi connectivity index (χ1) is 17.3. The fourth-order valence-corrected chi connectivity index (χ4v) is 4.86. The van der Waals surface area contributed by atoms with Crippen LogP contribution in [0.1, 0.15) is 68.3 Å². The number of ether oxygens (including phenoxy) is 1. The van der Waals surface area contributed by atoms with E-state index in [4.69, 9.17) is 4.74 Å². The van der Waals surface area contributed by atoms with E-state index < -0.39 is 11.7 Å². The van der Waals surface area contributed by atoms with Crippen molar-refractivity contribution < 1.29 is 14.3 Å². The molecule has 1 fully saturated rings. The molecular formula is C28H34N6O3. The van der Waals surface area contributed by atoms with Crippen LogP contribution in [-0.4, -0.2) is 51.7 Å². The number of nitrogens with zero attached hydrogens (tertiary/aromatic N) is 5. The van der Waals surface area contributed by atoms with Crippen LogP contribution in [0.15, 0.2) is 24.3 Å². The van der Waals surface area contributed by atoms with Crippen molar-refractivity contribution in [3.8, 4) is 17.2 Å². The molecule has 0 spiro atoms. The second-order valence-electron chi connectivity index (χ2n) is 11.2. The normalized spacial score (nSPS) is 17.6. The molecule has 1 saturated heterocycles. The molecule has 0 aliphatic carbocycles. The quantitative estimate of drug-likeness (QED) is 0.497. The van der Waals surface area contributed by atoms with Gasteiger partial charge in [-0.1, -0.05) is 36.8 Å². The average molecular weight is 503 g/mol. The molecule has 0 unspecified atom stereocenters. The Morgan fingerprint density at radius 2 is 2.00 bits per heavy atom. The number of nitrogens with one attached hydrogen (secondary N) is 1. The Balaban J connectivity index is 1.81. The molecule has 3 heterocycles. The molecule has 194 valence electrons. The lowest BCUT2D eigenvalue weighted by Gasteiger charge is -2.29. The van der Waals surface area contributed by atoms with Gasteiger partial charge in [-0.05, 0) is 52.2 Å². The summed E-state index contributed by atoms with van der Waals surface area (Å²) in [6.07, 6.45) is 0.386. The molecule has 1 atom stereocenters. The lowest BCUT2D eigenvalue weighted by molar-refractivity contribution is 0.0507. The number of benzene rings is 1. The van der Waals surface area contributed by atoms with Gasteiger partial charge in [0.05, 0.1) is 0 Å². The van der Waals surface area contributed by atoms with Gasteiger partial charge >= 0.3 is 6.09 Å². The number of carbonyl (C=O) groups is 2. The molecule has 2 aromatic heterocycles. The van der Waals surface area contributed by atoms with Crippen LogP contribution in [0.3, 0.4) is 0 Å². The SMILES string of the molecule is CC(=O)c1nc2c(C#N)c(C)c(-c3cccc(C)c3)c(N3CC[C@@](C)(CNC(=O)OC(C)(C)C)C3)n2n1. The lowest BCUT2D eigenvalue weighted by Crippen LogP contribution is -2.40. The fraction of sp³-hybridized carbons (Fsp3) is 0.464. The summed E-state index contributed by atoms with van der Waals surface area (Å²) < 4.78 is 7.06. The number of nitriles is 1. The van der Waals surface area contributed by atoms with Crippen molar-refractivity contribution in [1.29, 1.82) is 5.26 Å². The summed E-state index contributed by atoms with van der Waals surface area (Å²) >= 11 is 0. The molecule has 0 radical (unpaired) electrons. The van der Waals surface area contributed by atoms with Gasteiger partial charge in [-0.25, -0.2) is 9.78 Å². The molecule has 3 aromatic rings. The number of rotatable bonds is 5. The number of aromatic nitrogens is 3. The van der Waals surface area contributed by atoms with Gasteiger partial charge in [-0.2, -0.15) is 9.78 Å². The Morgan fingerprint density at radius 1 is 1.27 bits per heavy atom. The number of ketones is 1. The first kappa shape index (κ1) is 26.1. The number of fused-ring (bicyclic) bond motifs is 1. The highest BCUT2D eigenvalue weighted by atomic mass is 16.6. The number of anilines is 1. The Hall–Kier alpha value is -3.93. The monoisotopic (exact) mass is 502 g/mol. The number of hydrogen-bond acceptors (Lipinski definition) is 7. The zero-order chi connectivity index (χ0) is 27.1. The van der Waals surface area contributed by atoms with Gasteiger partial charge in [-0.15, -0.1) is 5.10 Å². The predicted octanol–water partition coefficient (Wildman–Crippen LogP) is 4.83. The van der Waals surface area contributed by atoms with Gasteiger partial charge in [0.25, 0.3) is 0 Å². The fourth-order valence-electron chi connectivity index (χ4n) is 4.86. The van der Waals surface area contributed by atoms with Crippen LogP contribution in [0.25, 0.3) is 16.8 Å². The topological polar surface area (TPSA) is 113 Å². The standard InChI is InChI=1S/C28H34N6O3/c1-17-9-8-10-20(13-17)22-18(2)21(14-29)24-31-23(19(3)35)32-34(24)25(22)33-12-11-28(7,16-33)15-30-26(36)37-27(4,5)6/h8-10,13H,11-12,15-16H2,1-7H3,(H,30,36)/t28-/m0/s1. The van der Waals surface area contributed by atoms with Crippen LogP contribution in [0, 0.1) is 30.6 Å². The minimum Gasteiger partial charge on any atom is -0.444 e. The molecule has 1 aliphatic rings.